The number of benzene rings is 10. The summed E-state index contributed by atoms with van der Waals surface area (Å²) in [4.78, 5) is 16.2. The Labute approximate surface area is 359 Å². The highest BCUT2D eigenvalue weighted by Gasteiger charge is 2.18. The van der Waals surface area contributed by atoms with Gasteiger partial charge in [-0.15, -0.1) is 0 Å². The highest BCUT2D eigenvalue weighted by atomic mass is 14.8. The minimum atomic E-state index is 0.806. The molecule has 0 saturated heterocycles. The monoisotopic (exact) mass is 787 g/mol. The van der Waals surface area contributed by atoms with Gasteiger partial charge in [-0.2, -0.15) is 0 Å². The van der Waals surface area contributed by atoms with Gasteiger partial charge in [-0.1, -0.05) is 182 Å². The van der Waals surface area contributed by atoms with Gasteiger partial charge >= 0.3 is 0 Å². The molecular formula is C59H37N3. The molecular weight excluding hydrogens is 751 g/mol. The number of aromatic nitrogens is 3. The largest absolute Gasteiger partial charge is 0.252 e. The first-order valence-corrected chi connectivity index (χ1v) is 21.1. The van der Waals surface area contributed by atoms with E-state index in [9.17, 15) is 0 Å². The second kappa shape index (κ2) is 14.8. The predicted molar refractivity (Wildman–Crippen MR) is 260 cm³/mol. The SMILES string of the molecule is c1ccc(-c2cc(-c3ccccc3-c3ccccc3)cc(-c3cc(-c4cnc5c6ccccc6c6ccccc6c5n4)cc(-c4cc5ccccc5c5ccccc45)c3)n2)cc1. The molecule has 0 spiro atoms. The molecule has 10 aromatic carbocycles. The van der Waals surface area contributed by atoms with Gasteiger partial charge in [0.25, 0.3) is 0 Å². The lowest BCUT2D eigenvalue weighted by Gasteiger charge is -2.17. The molecule has 3 nitrogen and oxygen atoms in total. The molecule has 0 unspecified atom stereocenters. The van der Waals surface area contributed by atoms with Crippen molar-refractivity contribution >= 4 is 54.1 Å². The number of fused-ring (bicyclic) bond motifs is 9. The van der Waals surface area contributed by atoms with Crippen molar-refractivity contribution in [1.82, 2.24) is 15.0 Å². The number of nitrogens with zero attached hydrogens (tertiary/aromatic N) is 3. The summed E-state index contributed by atoms with van der Waals surface area (Å²) in [5, 5.41) is 9.39. The van der Waals surface area contributed by atoms with E-state index >= 15 is 0 Å². The predicted octanol–water partition coefficient (Wildman–Crippen LogP) is 15.6. The van der Waals surface area contributed by atoms with Crippen LogP contribution < -0.4 is 0 Å². The van der Waals surface area contributed by atoms with Crippen molar-refractivity contribution in [3.8, 4) is 67.2 Å². The second-order valence-electron chi connectivity index (χ2n) is 15.9. The van der Waals surface area contributed by atoms with Gasteiger partial charge in [-0.3, -0.25) is 4.98 Å². The fraction of sp³-hybridized carbons (Fsp3) is 0. The van der Waals surface area contributed by atoms with Crippen molar-refractivity contribution in [2.75, 3.05) is 0 Å². The summed E-state index contributed by atoms with van der Waals surface area (Å²) in [5.74, 6) is 0. The number of hydrogen-bond acceptors (Lipinski definition) is 3. The number of hydrogen-bond donors (Lipinski definition) is 0. The quantitative estimate of drug-likeness (QED) is 0.158. The van der Waals surface area contributed by atoms with Crippen LogP contribution in [0.4, 0.5) is 0 Å². The molecule has 2 aromatic heterocycles. The van der Waals surface area contributed by atoms with E-state index in [0.717, 1.165) is 77.8 Å². The molecule has 0 aliphatic carbocycles. The van der Waals surface area contributed by atoms with Crippen LogP contribution in [0.3, 0.4) is 0 Å². The Bertz CT molecular complexity index is 3650. The molecule has 0 aliphatic rings. The van der Waals surface area contributed by atoms with Crippen LogP contribution >= 0.6 is 0 Å². The fourth-order valence-electron chi connectivity index (χ4n) is 9.33. The average molecular weight is 788 g/mol. The molecule has 0 amide bonds. The summed E-state index contributed by atoms with van der Waals surface area (Å²) < 4.78 is 0. The summed E-state index contributed by atoms with van der Waals surface area (Å²) in [7, 11) is 0. The minimum absolute atomic E-state index is 0.806. The first-order chi connectivity index (χ1) is 30.7. The Morgan fingerprint density at radius 3 is 1.37 bits per heavy atom. The van der Waals surface area contributed by atoms with Crippen molar-refractivity contribution in [1.29, 1.82) is 0 Å². The third-order valence-corrected chi connectivity index (χ3v) is 12.2. The van der Waals surface area contributed by atoms with E-state index in [0.29, 0.717) is 0 Å². The molecule has 0 fully saturated rings. The Morgan fingerprint density at radius 1 is 0.242 bits per heavy atom. The molecule has 12 rings (SSSR count). The van der Waals surface area contributed by atoms with Crippen molar-refractivity contribution in [2.24, 2.45) is 0 Å². The van der Waals surface area contributed by atoms with Crippen LogP contribution in [0, 0.1) is 0 Å². The second-order valence-corrected chi connectivity index (χ2v) is 15.9. The first kappa shape index (κ1) is 35.7. The third kappa shape index (κ3) is 6.10. The van der Waals surface area contributed by atoms with Crippen molar-refractivity contribution < 1.29 is 0 Å². The van der Waals surface area contributed by atoms with Gasteiger partial charge in [0.15, 0.2) is 0 Å². The number of rotatable bonds is 6. The van der Waals surface area contributed by atoms with E-state index in [1.54, 1.807) is 0 Å². The van der Waals surface area contributed by atoms with E-state index in [4.69, 9.17) is 15.0 Å². The van der Waals surface area contributed by atoms with Gasteiger partial charge in [0.2, 0.25) is 0 Å². The standard InChI is InChI=1S/C59H37N3/c1-3-17-38(18-4-1)45-22-9-10-24-47(45)42-35-55(39-19-5-2-6-20-39)61-56(36-42)43-31-41(54-34-40-21-7-8-23-46(40)48-25-11-12-28-51(48)54)32-44(33-43)57-37-60-58-52-29-15-13-26-49(52)50-27-14-16-30-53(50)59(58)62-57/h1-37H. The molecule has 12 aromatic rings. The van der Waals surface area contributed by atoms with Crippen LogP contribution in [0.1, 0.15) is 0 Å². The molecule has 0 atom stereocenters. The Hall–Kier alpha value is -8.27. The van der Waals surface area contributed by atoms with Crippen LogP contribution in [-0.2, 0) is 0 Å². The Morgan fingerprint density at radius 2 is 0.694 bits per heavy atom. The molecule has 0 N–H and O–H groups in total. The normalized spacial score (nSPS) is 11.5. The zero-order valence-corrected chi connectivity index (χ0v) is 33.7. The zero-order chi connectivity index (χ0) is 41.0. The lowest BCUT2D eigenvalue weighted by Crippen LogP contribution is -1.96. The van der Waals surface area contributed by atoms with Crippen LogP contribution in [0.15, 0.2) is 225 Å². The smallest absolute Gasteiger partial charge is 0.0979 e. The summed E-state index contributed by atoms with van der Waals surface area (Å²) >= 11 is 0. The topological polar surface area (TPSA) is 38.7 Å². The molecule has 288 valence electrons. The van der Waals surface area contributed by atoms with Crippen LogP contribution in [0.5, 0.6) is 0 Å². The van der Waals surface area contributed by atoms with Crippen LogP contribution in [0.25, 0.3) is 121 Å². The van der Waals surface area contributed by atoms with Gasteiger partial charge in [0, 0.05) is 27.5 Å². The molecule has 2 heterocycles. The third-order valence-electron chi connectivity index (χ3n) is 12.2. The van der Waals surface area contributed by atoms with Crippen LogP contribution in [0.2, 0.25) is 0 Å². The lowest BCUT2D eigenvalue weighted by molar-refractivity contribution is 1.30. The van der Waals surface area contributed by atoms with E-state index in [2.05, 4.69) is 218 Å². The van der Waals surface area contributed by atoms with E-state index in [-0.39, 0.29) is 0 Å². The summed E-state index contributed by atoms with van der Waals surface area (Å²) in [6.07, 6.45) is 1.94. The molecule has 0 bridgehead atoms. The summed E-state index contributed by atoms with van der Waals surface area (Å²) in [6.45, 7) is 0. The lowest BCUT2D eigenvalue weighted by atomic mass is 9.90. The van der Waals surface area contributed by atoms with Gasteiger partial charge < -0.3 is 0 Å². The first-order valence-electron chi connectivity index (χ1n) is 21.1. The Balaban J connectivity index is 1.14. The minimum Gasteiger partial charge on any atom is -0.252 e. The zero-order valence-electron chi connectivity index (χ0n) is 33.7. The summed E-state index contributed by atoms with van der Waals surface area (Å²) in [5.41, 5.74) is 14.2. The summed E-state index contributed by atoms with van der Waals surface area (Å²) in [6, 6.07) is 77.9. The van der Waals surface area contributed by atoms with Crippen molar-refractivity contribution in [3.63, 3.8) is 0 Å². The maximum atomic E-state index is 5.50. The molecule has 0 aliphatic heterocycles. The average Bonchev–Trinajstić information content (AvgIpc) is 3.36. The van der Waals surface area contributed by atoms with Gasteiger partial charge in [-0.05, 0) is 102 Å². The van der Waals surface area contributed by atoms with E-state index < -0.39 is 0 Å². The van der Waals surface area contributed by atoms with Gasteiger partial charge in [-0.25, -0.2) is 9.97 Å². The van der Waals surface area contributed by atoms with E-state index in [1.807, 2.05) is 6.20 Å². The van der Waals surface area contributed by atoms with Gasteiger partial charge in [0.05, 0.1) is 34.3 Å². The van der Waals surface area contributed by atoms with Gasteiger partial charge in [0.1, 0.15) is 0 Å². The maximum absolute atomic E-state index is 5.50. The molecule has 0 radical (unpaired) electrons. The highest BCUT2D eigenvalue weighted by molar-refractivity contribution is 6.23. The Kier molecular flexibility index (Phi) is 8.50. The molecule has 0 saturated carbocycles. The van der Waals surface area contributed by atoms with Crippen molar-refractivity contribution in [3.05, 3.63) is 225 Å². The van der Waals surface area contributed by atoms with Crippen LogP contribution in [-0.4, -0.2) is 15.0 Å². The molecule has 62 heavy (non-hydrogen) atoms. The molecule has 3 heteroatoms. The van der Waals surface area contributed by atoms with E-state index in [1.165, 1.54) is 43.4 Å². The highest BCUT2D eigenvalue weighted by Crippen LogP contribution is 2.42. The number of pyridine rings is 1. The fourth-order valence-corrected chi connectivity index (χ4v) is 9.33. The maximum Gasteiger partial charge on any atom is 0.0979 e. The van der Waals surface area contributed by atoms with Crippen molar-refractivity contribution in [2.45, 2.75) is 0 Å².